The smallest absolute Gasteiger partial charge is 0.326 e. The minimum atomic E-state index is -1.06. The molecule has 1 saturated carbocycles. The Morgan fingerprint density at radius 2 is 1.89 bits per heavy atom. The molecule has 3 atom stereocenters. The molecule has 5 nitrogen and oxygen atoms in total. The standard InChI is InChI=1S/C13H19NO4/c1-2-3-4-10(13(17)18)14-11(15)8-5-6-9(7-8)12(14)16/h8-10H,2-7H2,1H3,(H,17,18). The summed E-state index contributed by atoms with van der Waals surface area (Å²) in [6.07, 6.45) is 4.00. The van der Waals surface area contributed by atoms with Gasteiger partial charge in [-0.05, 0) is 25.7 Å². The summed E-state index contributed by atoms with van der Waals surface area (Å²) in [5, 5.41) is 9.23. The normalized spacial score (nSPS) is 28.6. The number of piperidine rings is 1. The molecule has 0 aromatic rings. The van der Waals surface area contributed by atoms with Crippen molar-refractivity contribution in [1.29, 1.82) is 0 Å². The van der Waals surface area contributed by atoms with Crippen LogP contribution >= 0.6 is 0 Å². The van der Waals surface area contributed by atoms with E-state index in [1.54, 1.807) is 0 Å². The molecule has 2 fully saturated rings. The summed E-state index contributed by atoms with van der Waals surface area (Å²) in [5.74, 6) is -1.85. The van der Waals surface area contributed by atoms with Gasteiger partial charge in [0, 0.05) is 11.8 Å². The summed E-state index contributed by atoms with van der Waals surface area (Å²) in [4.78, 5) is 36.6. The van der Waals surface area contributed by atoms with E-state index in [9.17, 15) is 19.5 Å². The van der Waals surface area contributed by atoms with E-state index in [4.69, 9.17) is 0 Å². The molecule has 3 unspecified atom stereocenters. The van der Waals surface area contributed by atoms with Crippen LogP contribution < -0.4 is 0 Å². The van der Waals surface area contributed by atoms with Gasteiger partial charge in [-0.3, -0.25) is 14.5 Å². The third-order valence-electron chi connectivity index (χ3n) is 4.03. The minimum absolute atomic E-state index is 0.129. The fraction of sp³-hybridized carbons (Fsp3) is 0.769. The molecule has 0 aromatic carbocycles. The number of amides is 2. The molecule has 1 N–H and O–H groups in total. The summed E-state index contributed by atoms with van der Waals surface area (Å²) in [7, 11) is 0. The first kappa shape index (κ1) is 13.1. The maximum absolute atomic E-state index is 12.1. The number of imide groups is 1. The number of hydrogen-bond donors (Lipinski definition) is 1. The van der Waals surface area contributed by atoms with Crippen LogP contribution in [0.2, 0.25) is 0 Å². The SMILES string of the molecule is CCCCC(C(=O)O)N1C(=O)C2CCC(C2)C1=O. The molecule has 1 saturated heterocycles. The Morgan fingerprint density at radius 1 is 1.33 bits per heavy atom. The molecule has 0 aromatic heterocycles. The van der Waals surface area contributed by atoms with Gasteiger partial charge < -0.3 is 5.11 Å². The van der Waals surface area contributed by atoms with Gasteiger partial charge >= 0.3 is 5.97 Å². The van der Waals surface area contributed by atoms with Gasteiger partial charge in [-0.15, -0.1) is 0 Å². The third-order valence-corrected chi connectivity index (χ3v) is 4.03. The lowest BCUT2D eigenvalue weighted by molar-refractivity contribution is -0.164. The minimum Gasteiger partial charge on any atom is -0.480 e. The number of likely N-dealkylation sites (tertiary alicyclic amines) is 1. The topological polar surface area (TPSA) is 74.7 Å². The van der Waals surface area contributed by atoms with Crippen LogP contribution in [0.4, 0.5) is 0 Å². The van der Waals surface area contributed by atoms with Gasteiger partial charge in [-0.25, -0.2) is 4.79 Å². The molecule has 0 spiro atoms. The average molecular weight is 253 g/mol. The highest BCUT2D eigenvalue weighted by molar-refractivity contribution is 6.03. The maximum Gasteiger partial charge on any atom is 0.326 e. The Bertz CT molecular complexity index is 357. The average Bonchev–Trinajstić information content (AvgIpc) is 2.77. The highest BCUT2D eigenvalue weighted by Crippen LogP contribution is 2.39. The number of fused-ring (bicyclic) bond motifs is 2. The molecular formula is C13H19NO4. The molecule has 100 valence electrons. The van der Waals surface area contributed by atoms with Gasteiger partial charge in [-0.2, -0.15) is 0 Å². The Balaban J connectivity index is 2.20. The number of carboxylic acids is 1. The molecule has 2 bridgehead atoms. The predicted octanol–water partition coefficient (Wildman–Crippen LogP) is 1.41. The van der Waals surface area contributed by atoms with Crippen molar-refractivity contribution >= 4 is 17.8 Å². The van der Waals surface area contributed by atoms with Gasteiger partial charge in [0.25, 0.3) is 0 Å². The van der Waals surface area contributed by atoms with Crippen LogP contribution in [0.25, 0.3) is 0 Å². The number of aliphatic carboxylic acids is 1. The van der Waals surface area contributed by atoms with E-state index in [0.717, 1.165) is 24.2 Å². The zero-order valence-corrected chi connectivity index (χ0v) is 10.6. The van der Waals surface area contributed by atoms with Crippen LogP contribution in [0, 0.1) is 11.8 Å². The van der Waals surface area contributed by atoms with Crippen LogP contribution in [-0.2, 0) is 14.4 Å². The molecule has 1 aliphatic heterocycles. The van der Waals surface area contributed by atoms with Crippen molar-refractivity contribution in [3.8, 4) is 0 Å². The van der Waals surface area contributed by atoms with Crippen LogP contribution in [0.5, 0.6) is 0 Å². The van der Waals surface area contributed by atoms with E-state index in [1.807, 2.05) is 6.92 Å². The highest BCUT2D eigenvalue weighted by atomic mass is 16.4. The predicted molar refractivity (Wildman–Crippen MR) is 63.6 cm³/mol. The van der Waals surface area contributed by atoms with Gasteiger partial charge in [0.15, 0.2) is 0 Å². The summed E-state index contributed by atoms with van der Waals surface area (Å²) in [5.41, 5.74) is 0. The van der Waals surface area contributed by atoms with Crippen molar-refractivity contribution in [2.24, 2.45) is 11.8 Å². The van der Waals surface area contributed by atoms with Gasteiger partial charge in [0.2, 0.25) is 11.8 Å². The van der Waals surface area contributed by atoms with Gasteiger partial charge in [0.1, 0.15) is 6.04 Å². The maximum atomic E-state index is 12.1. The lowest BCUT2D eigenvalue weighted by Gasteiger charge is -2.33. The molecule has 1 heterocycles. The lowest BCUT2D eigenvalue weighted by Crippen LogP contribution is -2.54. The van der Waals surface area contributed by atoms with Gasteiger partial charge in [-0.1, -0.05) is 19.8 Å². The number of rotatable bonds is 5. The van der Waals surface area contributed by atoms with E-state index in [1.165, 1.54) is 0 Å². The highest BCUT2D eigenvalue weighted by Gasteiger charge is 2.48. The second-order valence-corrected chi connectivity index (χ2v) is 5.25. The fourth-order valence-electron chi connectivity index (χ4n) is 3.00. The summed E-state index contributed by atoms with van der Waals surface area (Å²) >= 11 is 0. The Kier molecular flexibility index (Phi) is 3.68. The number of carbonyl (C=O) groups excluding carboxylic acids is 2. The molecule has 2 rings (SSSR count). The monoisotopic (exact) mass is 253 g/mol. The largest absolute Gasteiger partial charge is 0.480 e. The van der Waals surface area contributed by atoms with E-state index in [0.29, 0.717) is 19.3 Å². The first-order valence-corrected chi connectivity index (χ1v) is 6.66. The Morgan fingerprint density at radius 3 is 2.33 bits per heavy atom. The Hall–Kier alpha value is -1.39. The van der Waals surface area contributed by atoms with Crippen LogP contribution in [0.15, 0.2) is 0 Å². The number of carbonyl (C=O) groups is 3. The van der Waals surface area contributed by atoms with Crippen molar-refractivity contribution in [2.45, 2.75) is 51.5 Å². The molecule has 0 radical (unpaired) electrons. The van der Waals surface area contributed by atoms with Crippen LogP contribution in [0.1, 0.15) is 45.4 Å². The summed E-state index contributed by atoms with van der Waals surface area (Å²) in [6.45, 7) is 1.96. The van der Waals surface area contributed by atoms with E-state index in [2.05, 4.69) is 0 Å². The fourth-order valence-corrected chi connectivity index (χ4v) is 3.00. The second-order valence-electron chi connectivity index (χ2n) is 5.25. The van der Waals surface area contributed by atoms with Crippen molar-refractivity contribution in [3.63, 3.8) is 0 Å². The van der Waals surface area contributed by atoms with Crippen LogP contribution in [-0.4, -0.2) is 33.8 Å². The molecular weight excluding hydrogens is 234 g/mol. The lowest BCUT2D eigenvalue weighted by atomic mass is 9.94. The van der Waals surface area contributed by atoms with Gasteiger partial charge in [0.05, 0.1) is 0 Å². The van der Waals surface area contributed by atoms with Crippen molar-refractivity contribution < 1.29 is 19.5 Å². The van der Waals surface area contributed by atoms with Crippen molar-refractivity contribution in [3.05, 3.63) is 0 Å². The molecule has 5 heteroatoms. The number of unbranched alkanes of at least 4 members (excludes halogenated alkanes) is 1. The van der Waals surface area contributed by atoms with Crippen molar-refractivity contribution in [1.82, 2.24) is 4.90 Å². The molecule has 2 amide bonds. The number of nitrogens with zero attached hydrogens (tertiary/aromatic N) is 1. The van der Waals surface area contributed by atoms with Crippen LogP contribution in [0.3, 0.4) is 0 Å². The molecule has 1 aliphatic carbocycles. The molecule has 18 heavy (non-hydrogen) atoms. The van der Waals surface area contributed by atoms with Crippen molar-refractivity contribution in [2.75, 3.05) is 0 Å². The number of hydrogen-bond acceptors (Lipinski definition) is 3. The molecule has 2 aliphatic rings. The van der Waals surface area contributed by atoms with E-state index < -0.39 is 12.0 Å². The third kappa shape index (κ3) is 2.13. The zero-order valence-electron chi connectivity index (χ0n) is 10.6. The quantitative estimate of drug-likeness (QED) is 0.752. The van der Waals surface area contributed by atoms with E-state index in [-0.39, 0.29) is 23.7 Å². The number of carboxylic acid groups (broad SMARTS) is 1. The summed E-state index contributed by atoms with van der Waals surface area (Å²) < 4.78 is 0. The van der Waals surface area contributed by atoms with E-state index >= 15 is 0 Å². The first-order chi connectivity index (χ1) is 8.56. The Labute approximate surface area is 106 Å². The second kappa shape index (κ2) is 5.08. The first-order valence-electron chi connectivity index (χ1n) is 6.66. The zero-order chi connectivity index (χ0) is 13.3. The summed E-state index contributed by atoms with van der Waals surface area (Å²) in [6, 6.07) is -0.964.